The third-order valence-corrected chi connectivity index (χ3v) is 4.49. The maximum atomic E-state index is 13.5. The van der Waals surface area contributed by atoms with E-state index >= 15 is 0 Å². The third kappa shape index (κ3) is 3.56. The highest BCUT2D eigenvalue weighted by atomic mass is 79.9. The molecule has 0 aromatic heterocycles. The van der Waals surface area contributed by atoms with Crippen molar-refractivity contribution < 1.29 is 13.7 Å². The van der Waals surface area contributed by atoms with Crippen LogP contribution in [0.5, 0.6) is 0 Å². The minimum atomic E-state index is -0.512. The molecule has 114 valence electrons. The molecule has 2 N–H and O–H groups in total. The van der Waals surface area contributed by atoms with Gasteiger partial charge >= 0.3 is 7.12 Å². The van der Waals surface area contributed by atoms with Crippen LogP contribution in [-0.2, 0) is 9.31 Å². The average molecular weight is 356 g/mol. The standard InChI is InChI=1S/C15H20BBrFNO2/c1-14(2)15(3,4)21-16(20-14)11(9-19)5-10-6-12(17)8-13(18)7-10/h5-8H,9,19H2,1-4H3. The largest absolute Gasteiger partial charge is 0.491 e. The van der Waals surface area contributed by atoms with E-state index in [0.29, 0.717) is 4.47 Å². The molecule has 0 spiro atoms. The number of hydrogen-bond acceptors (Lipinski definition) is 3. The SMILES string of the molecule is CC1(C)OB(C(=Cc2cc(F)cc(Br)c2)CN)OC1(C)C. The van der Waals surface area contributed by atoms with E-state index in [0.717, 1.165) is 11.0 Å². The van der Waals surface area contributed by atoms with Crippen molar-refractivity contribution in [1.82, 2.24) is 0 Å². The lowest BCUT2D eigenvalue weighted by atomic mass is 9.77. The van der Waals surface area contributed by atoms with Gasteiger partial charge in [0.2, 0.25) is 0 Å². The van der Waals surface area contributed by atoms with Gasteiger partial charge < -0.3 is 15.0 Å². The van der Waals surface area contributed by atoms with Gasteiger partial charge in [-0.3, -0.25) is 0 Å². The molecular formula is C15H20BBrFNO2. The Morgan fingerprint density at radius 3 is 2.29 bits per heavy atom. The van der Waals surface area contributed by atoms with Crippen LogP contribution in [0.15, 0.2) is 28.1 Å². The van der Waals surface area contributed by atoms with Gasteiger partial charge in [-0.1, -0.05) is 22.0 Å². The van der Waals surface area contributed by atoms with E-state index in [2.05, 4.69) is 15.9 Å². The molecule has 6 heteroatoms. The highest BCUT2D eigenvalue weighted by molar-refractivity contribution is 9.10. The second-order valence-corrected chi connectivity index (χ2v) is 7.13. The van der Waals surface area contributed by atoms with E-state index in [1.807, 2.05) is 39.8 Å². The predicted octanol–water partition coefficient (Wildman–Crippen LogP) is 3.56. The van der Waals surface area contributed by atoms with Gasteiger partial charge in [0, 0.05) is 11.0 Å². The summed E-state index contributed by atoms with van der Waals surface area (Å²) < 4.78 is 26.1. The fourth-order valence-corrected chi connectivity index (χ4v) is 2.57. The van der Waals surface area contributed by atoms with Gasteiger partial charge in [0.1, 0.15) is 5.82 Å². The van der Waals surface area contributed by atoms with Crippen molar-refractivity contribution in [1.29, 1.82) is 0 Å². The minimum absolute atomic E-state index is 0.283. The summed E-state index contributed by atoms with van der Waals surface area (Å²) in [7, 11) is -0.512. The van der Waals surface area contributed by atoms with Gasteiger partial charge in [-0.05, 0) is 56.9 Å². The fourth-order valence-electron chi connectivity index (χ4n) is 2.09. The van der Waals surface area contributed by atoms with Crippen molar-refractivity contribution in [3.05, 3.63) is 39.5 Å². The Bertz CT molecular complexity index is 539. The zero-order valence-electron chi connectivity index (χ0n) is 12.7. The normalized spacial score (nSPS) is 20.9. The first-order chi connectivity index (χ1) is 9.64. The van der Waals surface area contributed by atoms with Crippen molar-refractivity contribution in [2.24, 2.45) is 5.73 Å². The number of hydrogen-bond donors (Lipinski definition) is 1. The second kappa shape index (κ2) is 5.84. The Kier molecular flexibility index (Phi) is 4.64. The van der Waals surface area contributed by atoms with Crippen LogP contribution in [-0.4, -0.2) is 24.9 Å². The van der Waals surface area contributed by atoms with Crippen molar-refractivity contribution >= 4 is 29.1 Å². The molecular weight excluding hydrogens is 336 g/mol. The van der Waals surface area contributed by atoms with E-state index in [1.165, 1.54) is 12.1 Å². The van der Waals surface area contributed by atoms with Crippen LogP contribution in [0.3, 0.4) is 0 Å². The summed E-state index contributed by atoms with van der Waals surface area (Å²) in [5, 5.41) is 0. The zero-order valence-corrected chi connectivity index (χ0v) is 14.3. The van der Waals surface area contributed by atoms with Gasteiger partial charge in [0.05, 0.1) is 11.2 Å². The van der Waals surface area contributed by atoms with Crippen LogP contribution < -0.4 is 5.73 Å². The molecule has 1 aromatic rings. The van der Waals surface area contributed by atoms with E-state index in [1.54, 1.807) is 0 Å². The lowest BCUT2D eigenvalue weighted by molar-refractivity contribution is 0.00578. The molecule has 0 atom stereocenters. The molecule has 1 saturated heterocycles. The fraction of sp³-hybridized carbons (Fsp3) is 0.467. The first-order valence-corrected chi connectivity index (χ1v) is 7.66. The number of nitrogens with two attached hydrogens (primary N) is 1. The van der Waals surface area contributed by atoms with E-state index in [9.17, 15) is 4.39 Å². The molecule has 0 radical (unpaired) electrons. The van der Waals surface area contributed by atoms with E-state index < -0.39 is 18.3 Å². The summed E-state index contributed by atoms with van der Waals surface area (Å²) in [6.45, 7) is 8.23. The molecule has 1 aromatic carbocycles. The second-order valence-electron chi connectivity index (χ2n) is 6.21. The molecule has 2 rings (SSSR count). The average Bonchev–Trinajstić information content (AvgIpc) is 2.54. The van der Waals surface area contributed by atoms with Gasteiger partial charge in [-0.25, -0.2) is 4.39 Å². The molecule has 3 nitrogen and oxygen atoms in total. The zero-order chi connectivity index (χ0) is 15.8. The Balaban J connectivity index is 2.30. The van der Waals surface area contributed by atoms with Crippen LogP contribution in [0.2, 0.25) is 0 Å². The summed E-state index contributed by atoms with van der Waals surface area (Å²) in [5.41, 5.74) is 6.48. The summed E-state index contributed by atoms with van der Waals surface area (Å²) >= 11 is 3.28. The molecule has 0 aliphatic carbocycles. The van der Waals surface area contributed by atoms with Gasteiger partial charge in [-0.15, -0.1) is 0 Å². The third-order valence-electron chi connectivity index (χ3n) is 4.03. The molecule has 1 aliphatic heterocycles. The topological polar surface area (TPSA) is 44.5 Å². The molecule has 0 unspecified atom stereocenters. The highest BCUT2D eigenvalue weighted by Gasteiger charge is 2.52. The Morgan fingerprint density at radius 2 is 1.81 bits per heavy atom. The maximum Gasteiger partial charge on any atom is 0.491 e. The predicted molar refractivity (Wildman–Crippen MR) is 87.2 cm³/mol. The highest BCUT2D eigenvalue weighted by Crippen LogP contribution is 2.38. The Morgan fingerprint density at radius 1 is 1.24 bits per heavy atom. The van der Waals surface area contributed by atoms with Crippen LogP contribution in [0.25, 0.3) is 6.08 Å². The van der Waals surface area contributed by atoms with Crippen molar-refractivity contribution in [3.63, 3.8) is 0 Å². The Labute approximate surface area is 134 Å². The summed E-state index contributed by atoms with van der Waals surface area (Å²) in [5.74, 6) is -0.305. The van der Waals surface area contributed by atoms with Gasteiger partial charge in [0.15, 0.2) is 0 Å². The summed E-state index contributed by atoms with van der Waals surface area (Å²) in [6.07, 6.45) is 1.82. The van der Waals surface area contributed by atoms with Crippen LogP contribution in [0.4, 0.5) is 4.39 Å². The molecule has 1 aliphatic rings. The molecule has 1 fully saturated rings. The number of benzene rings is 1. The lowest BCUT2D eigenvalue weighted by Crippen LogP contribution is -2.41. The lowest BCUT2D eigenvalue weighted by Gasteiger charge is -2.32. The smallest absolute Gasteiger partial charge is 0.400 e. The maximum absolute atomic E-state index is 13.5. The minimum Gasteiger partial charge on any atom is -0.400 e. The van der Waals surface area contributed by atoms with E-state index in [-0.39, 0.29) is 12.4 Å². The Hall–Kier alpha value is -0.685. The molecule has 0 saturated carbocycles. The van der Waals surface area contributed by atoms with Crippen LogP contribution >= 0.6 is 15.9 Å². The molecule has 1 heterocycles. The van der Waals surface area contributed by atoms with Crippen molar-refractivity contribution in [3.8, 4) is 0 Å². The summed E-state index contributed by atoms with van der Waals surface area (Å²) in [4.78, 5) is 0. The van der Waals surface area contributed by atoms with Crippen LogP contribution in [0, 0.1) is 5.82 Å². The molecule has 0 bridgehead atoms. The first kappa shape index (κ1) is 16.7. The monoisotopic (exact) mass is 355 g/mol. The molecule has 0 amide bonds. The first-order valence-electron chi connectivity index (χ1n) is 6.87. The quantitative estimate of drug-likeness (QED) is 0.843. The molecule has 21 heavy (non-hydrogen) atoms. The van der Waals surface area contributed by atoms with E-state index in [4.69, 9.17) is 15.0 Å². The van der Waals surface area contributed by atoms with Gasteiger partial charge in [-0.2, -0.15) is 0 Å². The summed E-state index contributed by atoms with van der Waals surface area (Å²) in [6, 6.07) is 4.68. The van der Waals surface area contributed by atoms with Crippen LogP contribution in [0.1, 0.15) is 33.3 Å². The van der Waals surface area contributed by atoms with Gasteiger partial charge in [0.25, 0.3) is 0 Å². The van der Waals surface area contributed by atoms with Crippen molar-refractivity contribution in [2.75, 3.05) is 6.54 Å². The number of rotatable bonds is 3. The number of halogens is 2. The van der Waals surface area contributed by atoms with Crippen molar-refractivity contribution in [2.45, 2.75) is 38.9 Å².